The standard InChI is InChI=1S/C9H7N4/c10-12-8-1-3-9(4-2-8)13-6-5-11-7-13/h1-7H/q+1. The molecule has 0 N–H and O–H groups in total. The van der Waals surface area contributed by atoms with Crippen LogP contribution < -0.4 is 0 Å². The molecule has 13 heavy (non-hydrogen) atoms. The number of hydrogen-bond acceptors (Lipinski definition) is 2. The molecule has 1 heterocycles. The summed E-state index contributed by atoms with van der Waals surface area (Å²) in [6, 6.07) is 7.18. The van der Waals surface area contributed by atoms with E-state index in [2.05, 4.69) is 9.96 Å². The highest BCUT2D eigenvalue weighted by molar-refractivity contribution is 5.48. The molecule has 2 rings (SSSR count). The second kappa shape index (κ2) is 3.07. The molecule has 4 heteroatoms. The van der Waals surface area contributed by atoms with Crippen molar-refractivity contribution in [1.82, 2.24) is 9.55 Å². The smallest absolute Gasteiger partial charge is 0.306 e. The van der Waals surface area contributed by atoms with Crippen molar-refractivity contribution >= 4 is 5.69 Å². The van der Waals surface area contributed by atoms with E-state index in [1.54, 1.807) is 24.7 Å². The van der Waals surface area contributed by atoms with Gasteiger partial charge in [0.15, 0.2) is 4.98 Å². The maximum atomic E-state index is 8.46. The predicted molar refractivity (Wildman–Crippen MR) is 48.3 cm³/mol. The first-order valence-corrected chi connectivity index (χ1v) is 3.83. The Hall–Kier alpha value is -2.15. The minimum absolute atomic E-state index is 0.545. The van der Waals surface area contributed by atoms with Crippen molar-refractivity contribution in [3.8, 4) is 5.69 Å². The second-order valence-corrected chi connectivity index (χ2v) is 2.59. The summed E-state index contributed by atoms with van der Waals surface area (Å²) in [5.41, 5.74) is 1.54. The summed E-state index contributed by atoms with van der Waals surface area (Å²) in [5, 5.41) is 8.46. The van der Waals surface area contributed by atoms with Gasteiger partial charge in [-0.1, -0.05) is 0 Å². The Kier molecular flexibility index (Phi) is 1.77. The van der Waals surface area contributed by atoms with Crippen LogP contribution in [0.4, 0.5) is 5.69 Å². The van der Waals surface area contributed by atoms with Gasteiger partial charge in [0, 0.05) is 30.2 Å². The van der Waals surface area contributed by atoms with E-state index in [1.165, 1.54) is 0 Å². The third-order valence-corrected chi connectivity index (χ3v) is 1.77. The number of hydrogen-bond donors (Lipinski definition) is 0. The van der Waals surface area contributed by atoms with Gasteiger partial charge in [-0.2, -0.15) is 0 Å². The highest BCUT2D eigenvalue weighted by atomic mass is 15.0. The Labute approximate surface area is 75.1 Å². The van der Waals surface area contributed by atoms with E-state index in [1.807, 2.05) is 22.9 Å². The van der Waals surface area contributed by atoms with Crippen molar-refractivity contribution in [2.75, 3.05) is 0 Å². The average molecular weight is 171 g/mol. The second-order valence-electron chi connectivity index (χ2n) is 2.59. The van der Waals surface area contributed by atoms with Crippen LogP contribution in [-0.2, 0) is 0 Å². The van der Waals surface area contributed by atoms with Gasteiger partial charge >= 0.3 is 5.69 Å². The van der Waals surface area contributed by atoms with Crippen molar-refractivity contribution in [3.05, 3.63) is 48.0 Å². The lowest BCUT2D eigenvalue weighted by Crippen LogP contribution is -1.87. The molecule has 1 aromatic carbocycles. The van der Waals surface area contributed by atoms with Gasteiger partial charge in [-0.15, -0.1) is 0 Å². The van der Waals surface area contributed by atoms with E-state index in [4.69, 9.17) is 5.39 Å². The lowest BCUT2D eigenvalue weighted by Gasteiger charge is -1.97. The van der Waals surface area contributed by atoms with Crippen molar-refractivity contribution in [1.29, 1.82) is 5.39 Å². The van der Waals surface area contributed by atoms with Crippen LogP contribution in [0, 0.1) is 5.39 Å². The van der Waals surface area contributed by atoms with E-state index >= 15 is 0 Å². The molecule has 2 aromatic rings. The van der Waals surface area contributed by atoms with Gasteiger partial charge in [0.2, 0.25) is 5.39 Å². The van der Waals surface area contributed by atoms with Gasteiger partial charge in [0.25, 0.3) is 0 Å². The molecule has 0 amide bonds. The molecule has 0 spiro atoms. The minimum Gasteiger partial charge on any atom is -0.306 e. The Bertz CT molecular complexity index is 422. The fraction of sp³-hybridized carbons (Fsp3) is 0. The molecule has 0 aliphatic heterocycles. The molecule has 0 aliphatic carbocycles. The number of diazo groups is 1. The van der Waals surface area contributed by atoms with Gasteiger partial charge < -0.3 is 4.57 Å². The SMILES string of the molecule is N#[N+]c1ccc(-n2ccnc2)cc1. The number of imidazole rings is 1. The Morgan fingerprint density at radius 3 is 2.54 bits per heavy atom. The first kappa shape index (κ1) is 7.50. The van der Waals surface area contributed by atoms with E-state index in [9.17, 15) is 0 Å². The minimum atomic E-state index is 0.545. The number of nitrogens with zero attached hydrogens (tertiary/aromatic N) is 4. The van der Waals surface area contributed by atoms with Gasteiger partial charge in [-0.3, -0.25) is 0 Å². The number of rotatable bonds is 1. The fourth-order valence-electron chi connectivity index (χ4n) is 1.10. The number of benzene rings is 1. The molecule has 0 saturated carbocycles. The van der Waals surface area contributed by atoms with Crippen LogP contribution in [0.2, 0.25) is 0 Å². The zero-order chi connectivity index (χ0) is 9.10. The van der Waals surface area contributed by atoms with E-state index in [-0.39, 0.29) is 0 Å². The van der Waals surface area contributed by atoms with Crippen molar-refractivity contribution in [2.24, 2.45) is 0 Å². The fourth-order valence-corrected chi connectivity index (χ4v) is 1.10. The molecule has 0 atom stereocenters. The molecule has 0 saturated heterocycles. The van der Waals surface area contributed by atoms with Gasteiger partial charge in [0.05, 0.1) is 6.33 Å². The molecule has 0 unspecified atom stereocenters. The molecule has 62 valence electrons. The van der Waals surface area contributed by atoms with Crippen LogP contribution in [0.1, 0.15) is 0 Å². The summed E-state index contributed by atoms with van der Waals surface area (Å²) >= 11 is 0. The molecule has 0 bridgehead atoms. The summed E-state index contributed by atoms with van der Waals surface area (Å²) in [5.74, 6) is 0. The summed E-state index contributed by atoms with van der Waals surface area (Å²) in [6.07, 6.45) is 5.28. The van der Waals surface area contributed by atoms with Crippen molar-refractivity contribution in [2.45, 2.75) is 0 Å². The molecule has 4 nitrogen and oxygen atoms in total. The third-order valence-electron chi connectivity index (χ3n) is 1.77. The van der Waals surface area contributed by atoms with E-state index in [0.717, 1.165) is 5.69 Å². The highest BCUT2D eigenvalue weighted by Crippen LogP contribution is 2.14. The normalized spacial score (nSPS) is 9.46. The first-order chi connectivity index (χ1) is 6.40. The summed E-state index contributed by atoms with van der Waals surface area (Å²) < 4.78 is 1.88. The Morgan fingerprint density at radius 1 is 1.23 bits per heavy atom. The van der Waals surface area contributed by atoms with Crippen LogP contribution in [0.3, 0.4) is 0 Å². The molecular weight excluding hydrogens is 164 g/mol. The van der Waals surface area contributed by atoms with Crippen LogP contribution in [0.25, 0.3) is 10.7 Å². The first-order valence-electron chi connectivity index (χ1n) is 3.83. The van der Waals surface area contributed by atoms with Crippen LogP contribution >= 0.6 is 0 Å². The topological polar surface area (TPSA) is 46.0 Å². The molecule has 0 fully saturated rings. The van der Waals surface area contributed by atoms with Crippen molar-refractivity contribution < 1.29 is 0 Å². The molecule has 1 aromatic heterocycles. The lowest BCUT2D eigenvalue weighted by molar-refractivity contribution is 1.06. The van der Waals surface area contributed by atoms with E-state index in [0.29, 0.717) is 5.69 Å². The zero-order valence-electron chi connectivity index (χ0n) is 6.83. The predicted octanol–water partition coefficient (Wildman–Crippen LogP) is 2.36. The van der Waals surface area contributed by atoms with Gasteiger partial charge in [0.1, 0.15) is 0 Å². The summed E-state index contributed by atoms with van der Waals surface area (Å²) in [6.45, 7) is 0. The molecular formula is C9H7N4+. The summed E-state index contributed by atoms with van der Waals surface area (Å²) in [4.78, 5) is 7.00. The van der Waals surface area contributed by atoms with Crippen molar-refractivity contribution in [3.63, 3.8) is 0 Å². The van der Waals surface area contributed by atoms with Crippen LogP contribution in [-0.4, -0.2) is 9.55 Å². The molecule has 0 radical (unpaired) electrons. The van der Waals surface area contributed by atoms with Crippen LogP contribution in [0.15, 0.2) is 43.0 Å². The Balaban J connectivity index is 2.40. The number of aromatic nitrogens is 2. The third kappa shape index (κ3) is 1.40. The zero-order valence-corrected chi connectivity index (χ0v) is 6.83. The maximum absolute atomic E-state index is 8.46. The largest absolute Gasteiger partial charge is 0.385 e. The quantitative estimate of drug-likeness (QED) is 0.618. The van der Waals surface area contributed by atoms with Gasteiger partial charge in [-0.25, -0.2) is 4.98 Å². The van der Waals surface area contributed by atoms with Gasteiger partial charge in [-0.05, 0) is 12.1 Å². The average Bonchev–Trinajstić information content (AvgIpc) is 2.71. The summed E-state index contributed by atoms with van der Waals surface area (Å²) in [7, 11) is 0. The molecule has 0 aliphatic rings. The van der Waals surface area contributed by atoms with E-state index < -0.39 is 0 Å². The van der Waals surface area contributed by atoms with Crippen LogP contribution in [0.5, 0.6) is 0 Å². The monoisotopic (exact) mass is 171 g/mol. The lowest BCUT2D eigenvalue weighted by atomic mass is 10.3. The highest BCUT2D eigenvalue weighted by Gasteiger charge is 2.02. The Morgan fingerprint density at radius 2 is 2.00 bits per heavy atom. The maximum Gasteiger partial charge on any atom is 0.385 e.